The number of rotatable bonds is 4. The van der Waals surface area contributed by atoms with E-state index in [9.17, 15) is 4.79 Å². The summed E-state index contributed by atoms with van der Waals surface area (Å²) in [5.41, 5.74) is 0.947. The fourth-order valence-corrected chi connectivity index (χ4v) is 2.80. The van der Waals surface area contributed by atoms with Crippen LogP contribution in [-0.4, -0.2) is 26.1 Å². The molecule has 0 aromatic heterocycles. The minimum absolute atomic E-state index is 0.0678. The summed E-state index contributed by atoms with van der Waals surface area (Å²) >= 11 is 0. The first-order valence-corrected chi connectivity index (χ1v) is 7.57. The highest BCUT2D eigenvalue weighted by Gasteiger charge is 2.32. The number of nitrogens with one attached hydrogen (secondary N) is 2. The molecule has 0 aliphatic carbocycles. The second kappa shape index (κ2) is 6.48. The molecule has 1 aromatic rings. The van der Waals surface area contributed by atoms with Crippen LogP contribution >= 0.6 is 0 Å². The highest BCUT2D eigenvalue weighted by Crippen LogP contribution is 2.37. The van der Waals surface area contributed by atoms with Gasteiger partial charge in [0.25, 0.3) is 0 Å². The number of carbonyl (C=O) groups is 1. The van der Waals surface area contributed by atoms with E-state index in [0.29, 0.717) is 0 Å². The van der Waals surface area contributed by atoms with Crippen LogP contribution in [0.5, 0.6) is 5.75 Å². The maximum atomic E-state index is 12.5. The molecule has 1 aliphatic heterocycles. The Bertz CT molecular complexity index is 488. The zero-order valence-electron chi connectivity index (χ0n) is 13.4. The summed E-state index contributed by atoms with van der Waals surface area (Å²) in [6.45, 7) is 8.10. The van der Waals surface area contributed by atoms with Crippen LogP contribution in [0, 0.1) is 11.3 Å². The third kappa shape index (κ3) is 3.76. The van der Waals surface area contributed by atoms with Crippen LogP contribution in [-0.2, 0) is 4.79 Å². The second-order valence-corrected chi connectivity index (χ2v) is 6.74. The van der Waals surface area contributed by atoms with Crippen LogP contribution in [0.15, 0.2) is 24.3 Å². The van der Waals surface area contributed by atoms with Gasteiger partial charge in [-0.05, 0) is 24.4 Å². The van der Waals surface area contributed by atoms with Crippen LogP contribution in [0.2, 0.25) is 0 Å². The van der Waals surface area contributed by atoms with Gasteiger partial charge in [-0.2, -0.15) is 0 Å². The molecule has 4 nitrogen and oxygen atoms in total. The molecule has 21 heavy (non-hydrogen) atoms. The van der Waals surface area contributed by atoms with Crippen molar-refractivity contribution >= 4 is 5.91 Å². The monoisotopic (exact) mass is 290 g/mol. The van der Waals surface area contributed by atoms with Crippen molar-refractivity contribution in [3.8, 4) is 5.75 Å². The number of methoxy groups -OCH3 is 1. The predicted molar refractivity (Wildman–Crippen MR) is 84.3 cm³/mol. The molecule has 1 heterocycles. The van der Waals surface area contributed by atoms with Gasteiger partial charge in [0.2, 0.25) is 5.91 Å². The molecular weight excluding hydrogens is 264 g/mol. The summed E-state index contributed by atoms with van der Waals surface area (Å²) < 4.78 is 5.46. The average Bonchev–Trinajstić information content (AvgIpc) is 2.97. The Kier molecular flexibility index (Phi) is 4.88. The van der Waals surface area contributed by atoms with Gasteiger partial charge in [-0.25, -0.2) is 0 Å². The largest absolute Gasteiger partial charge is 0.496 e. The number of carbonyl (C=O) groups excluding carboxylic acids is 1. The van der Waals surface area contributed by atoms with Crippen LogP contribution in [0.1, 0.15) is 38.8 Å². The Morgan fingerprint density at radius 2 is 2.10 bits per heavy atom. The molecule has 1 fully saturated rings. The number of benzene rings is 1. The van der Waals surface area contributed by atoms with Gasteiger partial charge in [-0.15, -0.1) is 0 Å². The Morgan fingerprint density at radius 3 is 2.67 bits per heavy atom. The van der Waals surface area contributed by atoms with Crippen molar-refractivity contribution in [2.24, 2.45) is 11.3 Å². The van der Waals surface area contributed by atoms with E-state index in [1.165, 1.54) is 0 Å². The fraction of sp³-hybridized carbons (Fsp3) is 0.588. The smallest absolute Gasteiger partial charge is 0.224 e. The van der Waals surface area contributed by atoms with E-state index in [1.807, 2.05) is 24.3 Å². The van der Waals surface area contributed by atoms with Crippen molar-refractivity contribution in [1.82, 2.24) is 10.6 Å². The average molecular weight is 290 g/mol. The molecule has 2 N–H and O–H groups in total. The molecule has 0 bridgehead atoms. The lowest BCUT2D eigenvalue weighted by atomic mass is 9.81. The molecule has 2 atom stereocenters. The van der Waals surface area contributed by atoms with Gasteiger partial charge in [0.05, 0.1) is 19.1 Å². The van der Waals surface area contributed by atoms with Crippen LogP contribution in [0.3, 0.4) is 0 Å². The minimum atomic E-state index is -0.0870. The number of para-hydroxylation sites is 1. The summed E-state index contributed by atoms with van der Waals surface area (Å²) in [4.78, 5) is 12.5. The maximum absolute atomic E-state index is 12.5. The Morgan fingerprint density at radius 1 is 1.38 bits per heavy atom. The van der Waals surface area contributed by atoms with E-state index in [-0.39, 0.29) is 23.3 Å². The molecule has 1 aliphatic rings. The first-order chi connectivity index (χ1) is 9.93. The standard InChI is InChI=1S/C17H26N2O2/c1-17(2,3)15(13-7-5-6-8-14(13)21-4)19-16(20)12-9-10-18-11-12/h5-8,12,15,18H,9-11H2,1-4H3,(H,19,20)/t12-,15-/m1/s1. The lowest BCUT2D eigenvalue weighted by Gasteiger charge is -2.33. The van der Waals surface area contributed by atoms with Crippen molar-refractivity contribution in [3.63, 3.8) is 0 Å². The number of ether oxygens (including phenoxy) is 1. The summed E-state index contributed by atoms with van der Waals surface area (Å²) in [5.74, 6) is 1.03. The molecule has 2 rings (SSSR count). The molecule has 0 saturated carbocycles. The minimum Gasteiger partial charge on any atom is -0.496 e. The van der Waals surface area contributed by atoms with Crippen molar-refractivity contribution in [1.29, 1.82) is 0 Å². The van der Waals surface area contributed by atoms with Gasteiger partial charge >= 0.3 is 0 Å². The summed E-state index contributed by atoms with van der Waals surface area (Å²) in [5, 5.41) is 6.47. The first-order valence-electron chi connectivity index (χ1n) is 7.57. The van der Waals surface area contributed by atoms with Crippen molar-refractivity contribution < 1.29 is 9.53 Å². The maximum Gasteiger partial charge on any atom is 0.224 e. The highest BCUT2D eigenvalue weighted by molar-refractivity contribution is 5.80. The summed E-state index contributed by atoms with van der Waals surface area (Å²) in [6.07, 6.45) is 0.911. The van der Waals surface area contributed by atoms with E-state index >= 15 is 0 Å². The van der Waals surface area contributed by atoms with E-state index in [1.54, 1.807) is 7.11 Å². The normalized spacial score (nSPS) is 20.1. The van der Waals surface area contributed by atoms with Gasteiger partial charge in [-0.1, -0.05) is 39.0 Å². The summed E-state index contributed by atoms with van der Waals surface area (Å²) in [6, 6.07) is 7.84. The zero-order chi connectivity index (χ0) is 15.5. The second-order valence-electron chi connectivity index (χ2n) is 6.74. The van der Waals surface area contributed by atoms with Gasteiger partial charge in [0.1, 0.15) is 5.75 Å². The Hall–Kier alpha value is -1.55. The quantitative estimate of drug-likeness (QED) is 0.896. The van der Waals surface area contributed by atoms with E-state index < -0.39 is 0 Å². The number of hydrogen-bond donors (Lipinski definition) is 2. The molecular formula is C17H26N2O2. The summed E-state index contributed by atoms with van der Waals surface area (Å²) in [7, 11) is 1.67. The van der Waals surface area contributed by atoms with Gasteiger partial charge in [-0.3, -0.25) is 4.79 Å². The number of hydrogen-bond acceptors (Lipinski definition) is 3. The Balaban J connectivity index is 2.24. The molecule has 1 aromatic carbocycles. The van der Waals surface area contributed by atoms with Gasteiger partial charge in [0.15, 0.2) is 0 Å². The topological polar surface area (TPSA) is 50.4 Å². The molecule has 1 amide bonds. The molecule has 1 saturated heterocycles. The third-order valence-electron chi connectivity index (χ3n) is 4.03. The lowest BCUT2D eigenvalue weighted by Crippen LogP contribution is -2.40. The van der Waals surface area contributed by atoms with Gasteiger partial charge in [0, 0.05) is 12.1 Å². The van der Waals surface area contributed by atoms with E-state index in [4.69, 9.17) is 4.74 Å². The van der Waals surface area contributed by atoms with E-state index in [0.717, 1.165) is 30.8 Å². The van der Waals surface area contributed by atoms with Gasteiger partial charge < -0.3 is 15.4 Å². The van der Waals surface area contributed by atoms with Crippen LogP contribution in [0.4, 0.5) is 0 Å². The molecule has 116 valence electrons. The predicted octanol–water partition coefficient (Wildman–Crippen LogP) is 2.51. The first kappa shape index (κ1) is 15.8. The van der Waals surface area contributed by atoms with Crippen molar-refractivity contribution in [2.45, 2.75) is 33.2 Å². The molecule has 4 heteroatoms. The van der Waals surface area contributed by atoms with Crippen LogP contribution < -0.4 is 15.4 Å². The zero-order valence-corrected chi connectivity index (χ0v) is 13.4. The van der Waals surface area contributed by atoms with Crippen molar-refractivity contribution in [3.05, 3.63) is 29.8 Å². The van der Waals surface area contributed by atoms with Crippen LogP contribution in [0.25, 0.3) is 0 Å². The van der Waals surface area contributed by atoms with E-state index in [2.05, 4.69) is 31.4 Å². The molecule has 0 radical (unpaired) electrons. The fourth-order valence-electron chi connectivity index (χ4n) is 2.80. The highest BCUT2D eigenvalue weighted by atomic mass is 16.5. The lowest BCUT2D eigenvalue weighted by molar-refractivity contribution is -0.126. The Labute approximate surface area is 127 Å². The SMILES string of the molecule is COc1ccccc1[C@@H](NC(=O)[C@@H]1CCNC1)C(C)(C)C. The molecule has 0 spiro atoms. The number of amides is 1. The third-order valence-corrected chi connectivity index (χ3v) is 4.03. The van der Waals surface area contributed by atoms with Crippen molar-refractivity contribution in [2.75, 3.05) is 20.2 Å². The molecule has 0 unspecified atom stereocenters.